The molecule has 90 valence electrons. The van der Waals surface area contributed by atoms with Crippen molar-refractivity contribution in [3.63, 3.8) is 0 Å². The number of rotatable bonds is 5. The minimum Gasteiger partial charge on any atom is -0.351 e. The summed E-state index contributed by atoms with van der Waals surface area (Å²) >= 11 is 7.44. The van der Waals surface area contributed by atoms with Gasteiger partial charge >= 0.3 is 0 Å². The van der Waals surface area contributed by atoms with Crippen LogP contribution in [0.3, 0.4) is 0 Å². The number of halogens is 1. The van der Waals surface area contributed by atoms with E-state index in [2.05, 4.69) is 23.7 Å². The first-order valence-electron chi connectivity index (χ1n) is 5.40. The van der Waals surface area contributed by atoms with Crippen molar-refractivity contribution < 1.29 is 4.79 Å². The first-order chi connectivity index (χ1) is 7.51. The van der Waals surface area contributed by atoms with Crippen LogP contribution in [0.1, 0.15) is 31.2 Å². The lowest BCUT2D eigenvalue weighted by Crippen LogP contribution is -2.37. The Morgan fingerprint density at radius 3 is 2.81 bits per heavy atom. The van der Waals surface area contributed by atoms with E-state index in [1.807, 2.05) is 13.8 Å². The molecule has 0 aliphatic heterocycles. The molecule has 0 saturated carbocycles. The van der Waals surface area contributed by atoms with E-state index in [1.54, 1.807) is 11.3 Å². The molecule has 0 spiro atoms. The first-order valence-corrected chi connectivity index (χ1v) is 6.82. The minimum absolute atomic E-state index is 0.0120. The second kappa shape index (κ2) is 5.69. The third-order valence-corrected chi connectivity index (χ3v) is 4.21. The van der Waals surface area contributed by atoms with Crippen LogP contribution in [-0.2, 0) is 17.8 Å². The Bertz CT molecular complexity index is 360. The van der Waals surface area contributed by atoms with E-state index < -0.39 is 5.41 Å². The van der Waals surface area contributed by atoms with Crippen molar-refractivity contribution >= 4 is 28.8 Å². The molecule has 1 amide bonds. The van der Waals surface area contributed by atoms with Crippen LogP contribution >= 0.6 is 22.9 Å². The number of alkyl halides is 1. The Morgan fingerprint density at radius 2 is 2.25 bits per heavy atom. The van der Waals surface area contributed by atoms with E-state index in [-0.39, 0.29) is 5.91 Å². The second-order valence-corrected chi connectivity index (χ2v) is 5.69. The van der Waals surface area contributed by atoms with Crippen molar-refractivity contribution in [1.82, 2.24) is 5.32 Å². The number of carbonyl (C=O) groups excluding carboxylic acids is 1. The van der Waals surface area contributed by atoms with Crippen molar-refractivity contribution in [2.24, 2.45) is 5.41 Å². The molecule has 0 unspecified atom stereocenters. The highest BCUT2D eigenvalue weighted by atomic mass is 35.5. The highest BCUT2D eigenvalue weighted by Crippen LogP contribution is 2.20. The number of nitrogens with one attached hydrogen (secondary N) is 1. The van der Waals surface area contributed by atoms with Gasteiger partial charge in [-0.2, -0.15) is 0 Å². The average Bonchev–Trinajstić information content (AvgIpc) is 2.72. The van der Waals surface area contributed by atoms with Gasteiger partial charge in [0.25, 0.3) is 0 Å². The van der Waals surface area contributed by atoms with Gasteiger partial charge in [0.2, 0.25) is 5.91 Å². The van der Waals surface area contributed by atoms with Crippen LogP contribution in [0.2, 0.25) is 0 Å². The van der Waals surface area contributed by atoms with Crippen LogP contribution < -0.4 is 5.32 Å². The van der Waals surface area contributed by atoms with E-state index in [4.69, 9.17) is 11.6 Å². The summed E-state index contributed by atoms with van der Waals surface area (Å²) in [4.78, 5) is 13.0. The van der Waals surface area contributed by atoms with Crippen LogP contribution in [0, 0.1) is 5.41 Å². The SMILES string of the molecule is CCc1ccsc1CNC(=O)C(C)(C)CCl. The Morgan fingerprint density at radius 1 is 1.56 bits per heavy atom. The molecule has 0 aliphatic carbocycles. The molecule has 1 heterocycles. The lowest BCUT2D eigenvalue weighted by atomic mass is 9.95. The van der Waals surface area contributed by atoms with Crippen LogP contribution in [0.4, 0.5) is 0 Å². The summed E-state index contributed by atoms with van der Waals surface area (Å²) in [6.07, 6.45) is 1.01. The second-order valence-electron chi connectivity index (χ2n) is 4.42. The van der Waals surface area contributed by atoms with Gasteiger partial charge in [0.1, 0.15) is 0 Å². The summed E-state index contributed by atoms with van der Waals surface area (Å²) in [6.45, 7) is 6.44. The third kappa shape index (κ3) is 3.22. The van der Waals surface area contributed by atoms with Crippen LogP contribution in [0.5, 0.6) is 0 Å². The van der Waals surface area contributed by atoms with E-state index in [0.29, 0.717) is 12.4 Å². The molecular weight excluding hydrogens is 242 g/mol. The molecule has 0 atom stereocenters. The van der Waals surface area contributed by atoms with Crippen LogP contribution in [0.15, 0.2) is 11.4 Å². The molecule has 1 N–H and O–H groups in total. The molecule has 0 radical (unpaired) electrons. The number of thiophene rings is 1. The topological polar surface area (TPSA) is 29.1 Å². The zero-order valence-corrected chi connectivity index (χ0v) is 11.5. The number of hydrogen-bond acceptors (Lipinski definition) is 2. The Labute approximate surface area is 106 Å². The number of hydrogen-bond donors (Lipinski definition) is 1. The van der Waals surface area contributed by atoms with Gasteiger partial charge < -0.3 is 5.32 Å². The van der Waals surface area contributed by atoms with Gasteiger partial charge in [-0.25, -0.2) is 0 Å². The maximum Gasteiger partial charge on any atom is 0.227 e. The largest absolute Gasteiger partial charge is 0.351 e. The van der Waals surface area contributed by atoms with Gasteiger partial charge in [-0.3, -0.25) is 4.79 Å². The van der Waals surface area contributed by atoms with Crippen molar-refractivity contribution in [2.75, 3.05) is 5.88 Å². The fourth-order valence-electron chi connectivity index (χ4n) is 1.30. The van der Waals surface area contributed by atoms with Crippen LogP contribution in [-0.4, -0.2) is 11.8 Å². The van der Waals surface area contributed by atoms with E-state index in [1.165, 1.54) is 10.4 Å². The minimum atomic E-state index is -0.495. The zero-order valence-electron chi connectivity index (χ0n) is 9.97. The van der Waals surface area contributed by atoms with Gasteiger partial charge in [-0.15, -0.1) is 22.9 Å². The lowest BCUT2D eigenvalue weighted by Gasteiger charge is -2.20. The maximum atomic E-state index is 11.8. The molecular formula is C12H18ClNOS. The van der Waals surface area contributed by atoms with Gasteiger partial charge in [0.15, 0.2) is 0 Å². The van der Waals surface area contributed by atoms with Gasteiger partial charge in [-0.05, 0) is 37.3 Å². The average molecular weight is 260 g/mol. The molecule has 0 aliphatic rings. The van der Waals surface area contributed by atoms with Crippen molar-refractivity contribution in [3.05, 3.63) is 21.9 Å². The summed E-state index contributed by atoms with van der Waals surface area (Å²) in [5, 5.41) is 5.00. The van der Waals surface area contributed by atoms with Gasteiger partial charge in [-0.1, -0.05) is 6.92 Å². The van der Waals surface area contributed by atoms with Gasteiger partial charge in [0, 0.05) is 10.8 Å². The number of amides is 1. The normalized spacial score (nSPS) is 11.5. The smallest absolute Gasteiger partial charge is 0.227 e. The molecule has 1 aromatic heterocycles. The Kier molecular flexibility index (Phi) is 4.81. The van der Waals surface area contributed by atoms with E-state index >= 15 is 0 Å². The first kappa shape index (κ1) is 13.5. The molecule has 0 saturated heterocycles. The number of carbonyl (C=O) groups is 1. The van der Waals surface area contributed by atoms with E-state index in [9.17, 15) is 4.79 Å². The zero-order chi connectivity index (χ0) is 12.2. The molecule has 16 heavy (non-hydrogen) atoms. The molecule has 1 aromatic rings. The predicted molar refractivity (Wildman–Crippen MR) is 70.0 cm³/mol. The molecule has 2 nitrogen and oxygen atoms in total. The number of aryl methyl sites for hydroxylation is 1. The summed E-state index contributed by atoms with van der Waals surface area (Å²) < 4.78 is 0. The molecule has 0 bridgehead atoms. The quantitative estimate of drug-likeness (QED) is 0.809. The highest BCUT2D eigenvalue weighted by molar-refractivity contribution is 7.10. The monoisotopic (exact) mass is 259 g/mol. The van der Waals surface area contributed by atoms with Crippen molar-refractivity contribution in [1.29, 1.82) is 0 Å². The lowest BCUT2D eigenvalue weighted by molar-refractivity contribution is -0.128. The fraction of sp³-hybridized carbons (Fsp3) is 0.583. The summed E-state index contributed by atoms with van der Waals surface area (Å²) in [7, 11) is 0. The van der Waals surface area contributed by atoms with Crippen molar-refractivity contribution in [2.45, 2.75) is 33.7 Å². The highest BCUT2D eigenvalue weighted by Gasteiger charge is 2.26. The Hall–Kier alpha value is -0.540. The third-order valence-electron chi connectivity index (χ3n) is 2.58. The summed E-state index contributed by atoms with van der Waals surface area (Å²) in [6, 6.07) is 2.11. The van der Waals surface area contributed by atoms with Crippen LogP contribution in [0.25, 0.3) is 0 Å². The fourth-order valence-corrected chi connectivity index (χ4v) is 2.33. The predicted octanol–water partition coefficient (Wildman–Crippen LogP) is 3.19. The van der Waals surface area contributed by atoms with Gasteiger partial charge in [0.05, 0.1) is 12.0 Å². The maximum absolute atomic E-state index is 11.8. The molecule has 1 rings (SSSR count). The molecule has 4 heteroatoms. The van der Waals surface area contributed by atoms with E-state index in [0.717, 1.165) is 6.42 Å². The molecule has 0 aromatic carbocycles. The molecule has 0 fully saturated rings. The standard InChI is InChI=1S/C12H18ClNOS/c1-4-9-5-6-16-10(9)7-14-11(15)12(2,3)8-13/h5-6H,4,7-8H2,1-3H3,(H,14,15). The van der Waals surface area contributed by atoms with Crippen molar-refractivity contribution in [3.8, 4) is 0 Å². The summed E-state index contributed by atoms with van der Waals surface area (Å²) in [5.41, 5.74) is 0.819. The summed E-state index contributed by atoms with van der Waals surface area (Å²) in [5.74, 6) is 0.349. The Balaban J connectivity index is 2.55.